The van der Waals surface area contributed by atoms with Gasteiger partial charge < -0.3 is 10.1 Å². The number of hydrogen-bond acceptors (Lipinski definition) is 3. The number of H-pyrrole nitrogens is 1. The first-order valence-electron chi connectivity index (χ1n) is 6.46. The van der Waals surface area contributed by atoms with Crippen molar-refractivity contribution >= 4 is 15.9 Å². The van der Waals surface area contributed by atoms with E-state index in [4.69, 9.17) is 4.74 Å². The van der Waals surface area contributed by atoms with Gasteiger partial charge in [-0.3, -0.25) is 5.10 Å². The average molecular weight is 322 g/mol. The molecule has 0 radical (unpaired) electrons. The minimum atomic E-state index is 0.334. The zero-order valence-electron chi connectivity index (χ0n) is 10.5. The van der Waals surface area contributed by atoms with Crippen molar-refractivity contribution < 1.29 is 4.74 Å². The first-order chi connectivity index (χ1) is 9.33. The van der Waals surface area contributed by atoms with Gasteiger partial charge in [0.25, 0.3) is 0 Å². The first-order valence-corrected chi connectivity index (χ1v) is 7.25. The second kappa shape index (κ2) is 5.75. The van der Waals surface area contributed by atoms with Crippen LogP contribution in [0.3, 0.4) is 0 Å². The number of aromatic amines is 1. The lowest BCUT2D eigenvalue weighted by Gasteiger charge is -2.18. The van der Waals surface area contributed by atoms with Gasteiger partial charge in [0.15, 0.2) is 0 Å². The third-order valence-electron chi connectivity index (χ3n) is 3.35. The van der Waals surface area contributed by atoms with E-state index in [0.29, 0.717) is 6.04 Å². The molecule has 2 aromatic rings. The topological polar surface area (TPSA) is 49.9 Å². The van der Waals surface area contributed by atoms with E-state index >= 15 is 0 Å². The fourth-order valence-electron chi connectivity index (χ4n) is 2.37. The van der Waals surface area contributed by atoms with Crippen molar-refractivity contribution in [1.82, 2.24) is 15.5 Å². The van der Waals surface area contributed by atoms with Gasteiger partial charge in [-0.05, 0) is 25.0 Å². The van der Waals surface area contributed by atoms with Gasteiger partial charge in [-0.15, -0.1) is 0 Å². The van der Waals surface area contributed by atoms with Crippen LogP contribution in [0.2, 0.25) is 0 Å². The Labute approximate surface area is 120 Å². The molecule has 1 aromatic heterocycles. The molecular weight excluding hydrogens is 306 g/mol. The van der Waals surface area contributed by atoms with Crippen molar-refractivity contribution in [2.45, 2.75) is 25.4 Å². The highest BCUT2D eigenvalue weighted by Crippen LogP contribution is 2.33. The summed E-state index contributed by atoms with van der Waals surface area (Å²) in [4.78, 5) is 0. The Bertz CT molecular complexity index is 542. The predicted octanol–water partition coefficient (Wildman–Crippen LogP) is 3.18. The van der Waals surface area contributed by atoms with E-state index in [1.165, 1.54) is 11.1 Å². The van der Waals surface area contributed by atoms with Crippen LogP contribution in [0.5, 0.6) is 5.75 Å². The smallest absolute Gasteiger partial charge is 0.125 e. The quantitative estimate of drug-likeness (QED) is 0.912. The summed E-state index contributed by atoms with van der Waals surface area (Å²) in [5.41, 5.74) is 2.41. The molecule has 5 heteroatoms. The number of nitrogens with one attached hydrogen (secondary N) is 2. The molecule has 0 saturated carbocycles. The molecule has 0 amide bonds. The SMILES string of the molecule is Brc1ccc2c(c1)OCCCC2NCc1cn[nH]c1. The Morgan fingerprint density at radius 1 is 1.47 bits per heavy atom. The van der Waals surface area contributed by atoms with E-state index in [1.54, 1.807) is 0 Å². The van der Waals surface area contributed by atoms with Gasteiger partial charge in [-0.2, -0.15) is 5.10 Å². The predicted molar refractivity (Wildman–Crippen MR) is 77.0 cm³/mol. The van der Waals surface area contributed by atoms with Crippen LogP contribution in [-0.2, 0) is 6.54 Å². The van der Waals surface area contributed by atoms with E-state index in [2.05, 4.69) is 43.6 Å². The van der Waals surface area contributed by atoms with Crippen LogP contribution in [0.4, 0.5) is 0 Å². The summed E-state index contributed by atoms with van der Waals surface area (Å²) < 4.78 is 6.87. The van der Waals surface area contributed by atoms with Crippen molar-refractivity contribution in [3.63, 3.8) is 0 Å². The Morgan fingerprint density at radius 2 is 2.42 bits per heavy atom. The summed E-state index contributed by atoms with van der Waals surface area (Å²) in [5, 5.41) is 10.4. The highest BCUT2D eigenvalue weighted by Gasteiger charge is 2.19. The summed E-state index contributed by atoms with van der Waals surface area (Å²) in [6, 6.07) is 6.59. The number of rotatable bonds is 3. The lowest BCUT2D eigenvalue weighted by Crippen LogP contribution is -2.20. The van der Waals surface area contributed by atoms with Crippen LogP contribution in [0.25, 0.3) is 0 Å². The molecule has 0 bridgehead atoms. The summed E-state index contributed by atoms with van der Waals surface area (Å²) in [7, 11) is 0. The Balaban J connectivity index is 1.78. The van der Waals surface area contributed by atoms with E-state index in [-0.39, 0.29) is 0 Å². The zero-order valence-corrected chi connectivity index (χ0v) is 12.1. The minimum absolute atomic E-state index is 0.334. The van der Waals surface area contributed by atoms with Crippen molar-refractivity contribution in [1.29, 1.82) is 0 Å². The fraction of sp³-hybridized carbons (Fsp3) is 0.357. The van der Waals surface area contributed by atoms with Crippen molar-refractivity contribution in [3.05, 3.63) is 46.2 Å². The van der Waals surface area contributed by atoms with E-state index in [0.717, 1.165) is 36.2 Å². The largest absolute Gasteiger partial charge is 0.493 e. The Kier molecular flexibility index (Phi) is 3.84. The fourth-order valence-corrected chi connectivity index (χ4v) is 2.71. The number of ether oxygens (including phenoxy) is 1. The summed E-state index contributed by atoms with van der Waals surface area (Å²) in [6.45, 7) is 1.60. The molecule has 1 aliphatic rings. The molecule has 3 rings (SSSR count). The lowest BCUT2D eigenvalue weighted by atomic mass is 10.0. The molecular formula is C14H16BrN3O. The van der Waals surface area contributed by atoms with Gasteiger partial charge in [-0.25, -0.2) is 0 Å². The molecule has 2 N–H and O–H groups in total. The molecule has 1 unspecified atom stereocenters. The van der Waals surface area contributed by atoms with Crippen LogP contribution >= 0.6 is 15.9 Å². The van der Waals surface area contributed by atoms with Crippen LogP contribution in [-0.4, -0.2) is 16.8 Å². The molecule has 100 valence electrons. The molecule has 19 heavy (non-hydrogen) atoms. The van der Waals surface area contributed by atoms with Gasteiger partial charge in [0.1, 0.15) is 5.75 Å². The molecule has 0 fully saturated rings. The number of nitrogens with zero attached hydrogens (tertiary/aromatic N) is 1. The average Bonchev–Trinajstić information content (AvgIpc) is 2.84. The maximum atomic E-state index is 5.81. The number of benzene rings is 1. The third-order valence-corrected chi connectivity index (χ3v) is 3.85. The highest BCUT2D eigenvalue weighted by atomic mass is 79.9. The molecule has 0 saturated heterocycles. The van der Waals surface area contributed by atoms with Gasteiger partial charge >= 0.3 is 0 Å². The maximum absolute atomic E-state index is 5.81. The standard InChI is InChI=1S/C14H16BrN3O/c15-11-3-4-12-13(2-1-5-19-14(12)6-11)16-7-10-8-17-18-9-10/h3-4,6,8-9,13,16H,1-2,5,7H2,(H,17,18). The molecule has 1 atom stereocenters. The lowest BCUT2D eigenvalue weighted by molar-refractivity contribution is 0.315. The summed E-state index contributed by atoms with van der Waals surface area (Å²) >= 11 is 3.49. The van der Waals surface area contributed by atoms with E-state index in [1.807, 2.05) is 18.5 Å². The van der Waals surface area contributed by atoms with Crippen LogP contribution < -0.4 is 10.1 Å². The van der Waals surface area contributed by atoms with Crippen LogP contribution in [0, 0.1) is 0 Å². The molecule has 4 nitrogen and oxygen atoms in total. The number of hydrogen-bond donors (Lipinski definition) is 2. The number of halogens is 1. The number of aromatic nitrogens is 2. The summed E-state index contributed by atoms with van der Waals surface area (Å²) in [6.07, 6.45) is 5.92. The molecule has 0 aliphatic carbocycles. The second-order valence-electron chi connectivity index (χ2n) is 4.71. The zero-order chi connectivity index (χ0) is 13.1. The van der Waals surface area contributed by atoms with Crippen molar-refractivity contribution in [3.8, 4) is 5.75 Å². The monoisotopic (exact) mass is 321 g/mol. The van der Waals surface area contributed by atoms with Crippen molar-refractivity contribution in [2.75, 3.05) is 6.61 Å². The van der Waals surface area contributed by atoms with Crippen LogP contribution in [0.15, 0.2) is 35.1 Å². The minimum Gasteiger partial charge on any atom is -0.493 e. The molecule has 0 spiro atoms. The Morgan fingerprint density at radius 3 is 3.26 bits per heavy atom. The third kappa shape index (κ3) is 2.98. The second-order valence-corrected chi connectivity index (χ2v) is 5.63. The van der Waals surface area contributed by atoms with Gasteiger partial charge in [-0.1, -0.05) is 22.0 Å². The normalized spacial score (nSPS) is 18.5. The van der Waals surface area contributed by atoms with Gasteiger partial charge in [0.2, 0.25) is 0 Å². The van der Waals surface area contributed by atoms with Gasteiger partial charge in [0, 0.05) is 34.4 Å². The van der Waals surface area contributed by atoms with E-state index in [9.17, 15) is 0 Å². The number of fused-ring (bicyclic) bond motifs is 1. The maximum Gasteiger partial charge on any atom is 0.125 e. The van der Waals surface area contributed by atoms with Crippen molar-refractivity contribution in [2.24, 2.45) is 0 Å². The molecule has 1 aliphatic heterocycles. The van der Waals surface area contributed by atoms with Crippen LogP contribution in [0.1, 0.15) is 30.0 Å². The highest BCUT2D eigenvalue weighted by molar-refractivity contribution is 9.10. The Hall–Kier alpha value is -1.33. The summed E-state index contributed by atoms with van der Waals surface area (Å²) in [5.74, 6) is 0.983. The molecule has 1 aromatic carbocycles. The van der Waals surface area contributed by atoms with Gasteiger partial charge in [0.05, 0.1) is 12.8 Å². The first kappa shape index (κ1) is 12.7. The van der Waals surface area contributed by atoms with E-state index < -0.39 is 0 Å². The molecule has 2 heterocycles.